The minimum Gasteiger partial charge on any atom is -0.480 e. The molecule has 0 spiro atoms. The zero-order valence-electron chi connectivity index (χ0n) is 30.3. The van der Waals surface area contributed by atoms with Gasteiger partial charge in [-0.15, -0.1) is 0 Å². The highest BCUT2D eigenvalue weighted by molar-refractivity contribution is 6.28. The number of carbonyl (C=O) groups excluding carboxylic acids is 2. The first kappa shape index (κ1) is 44.5. The molecule has 47 heavy (non-hydrogen) atoms. The SMILES string of the molecule is C=C(C(=O)O)C(C(=O)O)(C(=O)CCCCCCCC=CCCCCCCCC)C(=O)CCCCCCC/C=C\CCCCCCCC. The van der Waals surface area contributed by atoms with Crippen LogP contribution in [0.4, 0.5) is 0 Å². The lowest BCUT2D eigenvalue weighted by Gasteiger charge is -2.27. The average molecular weight is 659 g/mol. The number of carboxylic acid groups (broad SMARTS) is 2. The van der Waals surface area contributed by atoms with Gasteiger partial charge in [0.15, 0.2) is 11.6 Å². The quantitative estimate of drug-likeness (QED) is 0.0303. The molecule has 0 aliphatic heterocycles. The largest absolute Gasteiger partial charge is 0.480 e. The molecule has 1 atom stereocenters. The van der Waals surface area contributed by atoms with Crippen molar-refractivity contribution in [1.29, 1.82) is 0 Å². The van der Waals surface area contributed by atoms with Crippen LogP contribution in [0.25, 0.3) is 0 Å². The van der Waals surface area contributed by atoms with Crippen LogP contribution < -0.4 is 0 Å². The van der Waals surface area contributed by atoms with Crippen LogP contribution in [-0.4, -0.2) is 33.7 Å². The number of unbranched alkanes of at least 4 members (excludes halogenated alkanes) is 22. The molecule has 2 N–H and O–H groups in total. The number of Topliss-reactive ketones (excluding diaryl/α,β-unsaturated/α-hetero) is 2. The molecule has 0 saturated heterocycles. The van der Waals surface area contributed by atoms with Gasteiger partial charge >= 0.3 is 11.9 Å². The molecule has 0 heterocycles. The molecular formula is C41H70O6. The zero-order chi connectivity index (χ0) is 35.0. The van der Waals surface area contributed by atoms with Gasteiger partial charge in [0.05, 0.1) is 5.57 Å². The van der Waals surface area contributed by atoms with E-state index < -0.39 is 34.5 Å². The normalized spacial score (nSPS) is 12.9. The van der Waals surface area contributed by atoms with E-state index in [1.54, 1.807) is 0 Å². The van der Waals surface area contributed by atoms with Crippen molar-refractivity contribution in [2.75, 3.05) is 0 Å². The van der Waals surface area contributed by atoms with Crippen molar-refractivity contribution in [2.45, 2.75) is 194 Å². The number of carboxylic acids is 2. The first-order valence-corrected chi connectivity index (χ1v) is 19.3. The second-order valence-corrected chi connectivity index (χ2v) is 13.4. The first-order valence-electron chi connectivity index (χ1n) is 19.3. The second-order valence-electron chi connectivity index (χ2n) is 13.4. The first-order chi connectivity index (χ1) is 22.8. The van der Waals surface area contributed by atoms with Gasteiger partial charge in [0, 0.05) is 12.8 Å². The van der Waals surface area contributed by atoms with E-state index in [4.69, 9.17) is 0 Å². The van der Waals surface area contributed by atoms with Gasteiger partial charge in [-0.1, -0.05) is 147 Å². The lowest BCUT2D eigenvalue weighted by atomic mass is 9.70. The Kier molecular flexibility index (Phi) is 29.2. The highest BCUT2D eigenvalue weighted by Gasteiger charge is 2.55. The standard InChI is InChI=1S/C41H70O6/c1-4-6-8-10-12-14-16-18-20-22-24-26-28-30-32-34-37(42)41(40(46)47,36(3)39(44)45)38(43)35-33-31-29-27-25-23-21-19-17-15-13-11-9-7-5-2/h18-21H,3-17,22-35H2,1-2H3,(H,44,45)(H,46,47)/b20-18-,21-19?. The zero-order valence-corrected chi connectivity index (χ0v) is 30.3. The van der Waals surface area contributed by atoms with Gasteiger partial charge in [0.25, 0.3) is 0 Å². The molecule has 0 amide bonds. The summed E-state index contributed by atoms with van der Waals surface area (Å²) in [4.78, 5) is 50.7. The van der Waals surface area contributed by atoms with Crippen LogP contribution in [0.1, 0.15) is 194 Å². The summed E-state index contributed by atoms with van der Waals surface area (Å²) in [7, 11) is 0. The van der Waals surface area contributed by atoms with Gasteiger partial charge in [0.1, 0.15) is 0 Å². The van der Waals surface area contributed by atoms with Crippen LogP contribution in [-0.2, 0) is 19.2 Å². The van der Waals surface area contributed by atoms with Crippen LogP contribution in [0.3, 0.4) is 0 Å². The van der Waals surface area contributed by atoms with Gasteiger partial charge in [-0.25, -0.2) is 4.79 Å². The monoisotopic (exact) mass is 659 g/mol. The Hall–Kier alpha value is -2.50. The van der Waals surface area contributed by atoms with Crippen LogP contribution in [0.5, 0.6) is 0 Å². The molecule has 0 aromatic carbocycles. The van der Waals surface area contributed by atoms with E-state index >= 15 is 0 Å². The van der Waals surface area contributed by atoms with E-state index in [1.165, 1.54) is 77.0 Å². The number of hydrogen-bond donors (Lipinski definition) is 2. The fraction of sp³-hybridized carbons (Fsp3) is 0.756. The van der Waals surface area contributed by atoms with Gasteiger partial charge in [0.2, 0.25) is 5.41 Å². The molecule has 0 fully saturated rings. The molecule has 6 nitrogen and oxygen atoms in total. The van der Waals surface area contributed by atoms with E-state index in [1.807, 2.05) is 0 Å². The van der Waals surface area contributed by atoms with E-state index in [9.17, 15) is 29.4 Å². The third-order valence-electron chi connectivity index (χ3n) is 9.20. The number of rotatable bonds is 35. The second kappa shape index (κ2) is 30.8. The summed E-state index contributed by atoms with van der Waals surface area (Å²) in [5.41, 5.74) is -3.55. The maximum Gasteiger partial charge on any atom is 0.333 e. The lowest BCUT2D eigenvalue weighted by molar-refractivity contribution is -0.160. The average Bonchev–Trinajstić information content (AvgIpc) is 3.04. The van der Waals surface area contributed by atoms with E-state index in [0.29, 0.717) is 12.8 Å². The molecule has 0 bridgehead atoms. The van der Waals surface area contributed by atoms with Crippen LogP contribution in [0.15, 0.2) is 36.5 Å². The fourth-order valence-electron chi connectivity index (χ4n) is 6.11. The molecule has 0 aliphatic rings. The Morgan fingerprint density at radius 1 is 0.468 bits per heavy atom. The van der Waals surface area contributed by atoms with Gasteiger partial charge < -0.3 is 10.2 Å². The molecule has 1 unspecified atom stereocenters. The topological polar surface area (TPSA) is 109 Å². The summed E-state index contributed by atoms with van der Waals surface area (Å²) in [5, 5.41) is 19.6. The molecule has 0 rings (SSSR count). The third kappa shape index (κ3) is 21.2. The third-order valence-corrected chi connectivity index (χ3v) is 9.20. The van der Waals surface area contributed by atoms with Crippen molar-refractivity contribution in [1.82, 2.24) is 0 Å². The molecule has 270 valence electrons. The van der Waals surface area contributed by atoms with Crippen LogP contribution in [0.2, 0.25) is 0 Å². The Morgan fingerprint density at radius 3 is 1.02 bits per heavy atom. The molecule has 0 aliphatic carbocycles. The van der Waals surface area contributed by atoms with Crippen molar-refractivity contribution in [3.63, 3.8) is 0 Å². The predicted molar refractivity (Wildman–Crippen MR) is 196 cm³/mol. The molecule has 0 saturated carbocycles. The molecule has 0 radical (unpaired) electrons. The number of carbonyl (C=O) groups is 4. The highest BCUT2D eigenvalue weighted by Crippen LogP contribution is 2.34. The minimum absolute atomic E-state index is 0.144. The summed E-state index contributed by atoms with van der Waals surface area (Å²) >= 11 is 0. The summed E-state index contributed by atoms with van der Waals surface area (Å²) in [6, 6.07) is 0. The lowest BCUT2D eigenvalue weighted by Crippen LogP contribution is -2.49. The van der Waals surface area contributed by atoms with Crippen molar-refractivity contribution in [2.24, 2.45) is 5.41 Å². The van der Waals surface area contributed by atoms with E-state index in [0.717, 1.165) is 77.0 Å². The molecule has 0 aromatic rings. The smallest absolute Gasteiger partial charge is 0.333 e. The molecule has 0 aromatic heterocycles. The molecule has 6 heteroatoms. The number of hydrogen-bond acceptors (Lipinski definition) is 4. The summed E-state index contributed by atoms with van der Waals surface area (Å²) in [6.07, 6.45) is 37.0. The molecular weight excluding hydrogens is 588 g/mol. The van der Waals surface area contributed by atoms with Crippen molar-refractivity contribution in [3.05, 3.63) is 36.5 Å². The van der Waals surface area contributed by atoms with Crippen LogP contribution >= 0.6 is 0 Å². The van der Waals surface area contributed by atoms with E-state index in [2.05, 4.69) is 44.7 Å². The summed E-state index contributed by atoms with van der Waals surface area (Å²) in [5.74, 6) is -5.05. The maximum absolute atomic E-state index is 13.2. The number of ketones is 2. The van der Waals surface area contributed by atoms with Gasteiger partial charge in [-0.3, -0.25) is 14.4 Å². The highest BCUT2D eigenvalue weighted by atomic mass is 16.4. The van der Waals surface area contributed by atoms with Crippen molar-refractivity contribution >= 4 is 23.5 Å². The van der Waals surface area contributed by atoms with Gasteiger partial charge in [-0.05, 0) is 64.2 Å². The summed E-state index contributed by atoms with van der Waals surface area (Å²) < 4.78 is 0. The van der Waals surface area contributed by atoms with Crippen molar-refractivity contribution in [3.8, 4) is 0 Å². The Labute approximate surface area is 288 Å². The fourth-order valence-corrected chi connectivity index (χ4v) is 6.11. The Morgan fingerprint density at radius 2 is 0.745 bits per heavy atom. The van der Waals surface area contributed by atoms with E-state index in [-0.39, 0.29) is 12.8 Å². The summed E-state index contributed by atoms with van der Waals surface area (Å²) in [6.45, 7) is 7.86. The number of allylic oxidation sites excluding steroid dienone is 4. The van der Waals surface area contributed by atoms with Crippen molar-refractivity contribution < 1.29 is 29.4 Å². The number of aliphatic carboxylic acids is 2. The predicted octanol–water partition coefficient (Wildman–Crippen LogP) is 11.9. The maximum atomic E-state index is 13.2. The minimum atomic E-state index is -2.70. The van der Waals surface area contributed by atoms with Crippen LogP contribution in [0, 0.1) is 5.41 Å². The Bertz CT molecular complexity index is 863. The van der Waals surface area contributed by atoms with Gasteiger partial charge in [-0.2, -0.15) is 0 Å². The Balaban J connectivity index is 4.44.